The molecular formula is C22H22Cu2N2O8S2. The van der Waals surface area contributed by atoms with Crippen molar-refractivity contribution >= 4 is 67.0 Å². The number of fused-ring (bicyclic) bond motifs is 2. The second kappa shape index (κ2) is 25.2. The quantitative estimate of drug-likeness (QED) is 0.231. The number of hydrogen-bond donors (Lipinski definition) is 0. The Hall–Kier alpha value is -2.86. The summed E-state index contributed by atoms with van der Waals surface area (Å²) in [7, 11) is 0. The zero-order chi connectivity index (χ0) is 26.5. The minimum Gasteiger partial charge on any atom is -0.550 e. The second-order valence-corrected chi connectivity index (χ2v) is 7.38. The molecule has 0 bridgehead atoms. The van der Waals surface area contributed by atoms with Gasteiger partial charge >= 0.3 is 34.1 Å². The van der Waals surface area contributed by atoms with E-state index in [4.69, 9.17) is 39.6 Å². The zero-order valence-electron chi connectivity index (χ0n) is 19.4. The van der Waals surface area contributed by atoms with Crippen molar-refractivity contribution in [3.8, 4) is 0 Å². The first-order valence-electron chi connectivity index (χ1n) is 9.13. The molecule has 4 aromatic rings. The summed E-state index contributed by atoms with van der Waals surface area (Å²) in [4.78, 5) is 43.8. The van der Waals surface area contributed by atoms with E-state index in [1.54, 1.807) is 22.7 Å². The average Bonchev–Trinajstić information content (AvgIpc) is 3.36. The number of hydrogen-bond acceptors (Lipinski definition) is 12. The normalized spacial score (nSPS) is 7.89. The smallest absolute Gasteiger partial charge is 0.550 e. The third kappa shape index (κ3) is 29.2. The molecule has 0 saturated heterocycles. The summed E-state index contributed by atoms with van der Waals surface area (Å²) in [5.41, 5.74) is 5.93. The summed E-state index contributed by atoms with van der Waals surface area (Å²) in [5, 5.41) is 35.6. The molecule has 36 heavy (non-hydrogen) atoms. The number of benzene rings is 2. The maximum absolute atomic E-state index is 8.89. The number of nitrogens with zero attached hydrogens (tertiary/aromatic N) is 2. The first-order chi connectivity index (χ1) is 15.9. The molecule has 0 aliphatic heterocycles. The Bertz CT molecular complexity index is 963. The van der Waals surface area contributed by atoms with Gasteiger partial charge in [-0.15, -0.1) is 22.7 Å². The van der Waals surface area contributed by atoms with E-state index in [2.05, 4.69) is 22.1 Å². The molecule has 2 heterocycles. The summed E-state index contributed by atoms with van der Waals surface area (Å²) in [6.07, 6.45) is 0. The maximum atomic E-state index is 8.89. The molecule has 0 aliphatic carbocycles. The van der Waals surface area contributed by atoms with E-state index < -0.39 is 23.9 Å². The van der Waals surface area contributed by atoms with E-state index in [1.165, 1.54) is 9.40 Å². The first-order valence-corrected chi connectivity index (χ1v) is 10.9. The van der Waals surface area contributed by atoms with Crippen LogP contribution in [0.15, 0.2) is 59.6 Å². The molecule has 0 spiro atoms. The number of carbonyl (C=O) groups excluding carboxylic acids is 4. The number of aliphatic carboxylic acids is 4. The largest absolute Gasteiger partial charge is 2.00 e. The molecule has 0 saturated carbocycles. The van der Waals surface area contributed by atoms with E-state index in [-0.39, 0.29) is 34.1 Å². The summed E-state index contributed by atoms with van der Waals surface area (Å²) in [6, 6.07) is 16.3. The van der Waals surface area contributed by atoms with E-state index in [1.807, 2.05) is 47.4 Å². The van der Waals surface area contributed by atoms with Gasteiger partial charge in [0, 0.05) is 23.9 Å². The van der Waals surface area contributed by atoms with E-state index in [0.29, 0.717) is 0 Å². The molecular weight excluding hydrogens is 611 g/mol. The van der Waals surface area contributed by atoms with Gasteiger partial charge in [0.2, 0.25) is 0 Å². The van der Waals surface area contributed by atoms with Crippen molar-refractivity contribution in [1.82, 2.24) is 9.97 Å². The van der Waals surface area contributed by atoms with Gasteiger partial charge in [-0.25, -0.2) is 9.97 Å². The van der Waals surface area contributed by atoms with Crippen LogP contribution in [0.25, 0.3) is 20.4 Å². The molecule has 0 atom stereocenters. The first kappa shape index (κ1) is 40.3. The SMILES string of the molecule is CC(=O)[O-].CC(=O)[O-].CC(=O)[O-].CC(=O)[O-].[Cu+2].[Cu+2].c1ccc2scnc2c1.c1ccc2scnc2c1. The predicted octanol–water partition coefficient (Wildman–Crippen LogP) is -0.388. The Balaban J connectivity index is -0.000000179. The topological polar surface area (TPSA) is 186 Å². The van der Waals surface area contributed by atoms with Crippen LogP contribution in [0.1, 0.15) is 27.7 Å². The van der Waals surface area contributed by atoms with Crippen LogP contribution < -0.4 is 20.4 Å². The number of rotatable bonds is 0. The van der Waals surface area contributed by atoms with Crippen molar-refractivity contribution in [1.29, 1.82) is 0 Å². The number of carboxylic acid groups (broad SMARTS) is 4. The van der Waals surface area contributed by atoms with E-state index in [0.717, 1.165) is 38.7 Å². The van der Waals surface area contributed by atoms with Gasteiger partial charge in [0.15, 0.2) is 0 Å². The summed E-state index contributed by atoms with van der Waals surface area (Å²) in [6.45, 7) is 3.89. The summed E-state index contributed by atoms with van der Waals surface area (Å²) < 4.78 is 2.52. The average molecular weight is 634 g/mol. The van der Waals surface area contributed by atoms with Gasteiger partial charge in [0.1, 0.15) is 0 Å². The molecule has 0 N–H and O–H groups in total. The minimum absolute atomic E-state index is 0. The fourth-order valence-corrected chi connectivity index (χ4v) is 2.96. The Kier molecular flexibility index (Phi) is 28.3. The molecule has 14 heteroatoms. The van der Waals surface area contributed by atoms with Crippen molar-refractivity contribution in [3.05, 3.63) is 59.6 Å². The van der Waals surface area contributed by atoms with Crippen LogP contribution in [0.5, 0.6) is 0 Å². The molecule has 0 unspecified atom stereocenters. The molecule has 2 aromatic carbocycles. The van der Waals surface area contributed by atoms with Gasteiger partial charge in [0.05, 0.1) is 31.5 Å². The Morgan fingerprint density at radius 1 is 0.556 bits per heavy atom. The van der Waals surface area contributed by atoms with Crippen molar-refractivity contribution in [2.24, 2.45) is 0 Å². The van der Waals surface area contributed by atoms with Crippen LogP contribution in [0, 0.1) is 0 Å². The van der Waals surface area contributed by atoms with Crippen LogP contribution >= 0.6 is 22.7 Å². The van der Waals surface area contributed by atoms with E-state index in [9.17, 15) is 0 Å². The van der Waals surface area contributed by atoms with Gasteiger partial charge in [-0.05, 0) is 52.0 Å². The van der Waals surface area contributed by atoms with Crippen LogP contribution in [0.4, 0.5) is 0 Å². The van der Waals surface area contributed by atoms with Crippen molar-refractivity contribution in [2.75, 3.05) is 0 Å². The van der Waals surface area contributed by atoms with Crippen LogP contribution in [0.2, 0.25) is 0 Å². The van der Waals surface area contributed by atoms with Gasteiger partial charge in [-0.2, -0.15) is 0 Å². The predicted molar refractivity (Wildman–Crippen MR) is 122 cm³/mol. The van der Waals surface area contributed by atoms with Crippen LogP contribution in [-0.4, -0.2) is 33.8 Å². The molecule has 0 amide bonds. The number of para-hydroxylation sites is 2. The van der Waals surface area contributed by atoms with Gasteiger partial charge in [-0.3, -0.25) is 0 Å². The molecule has 4 rings (SSSR count). The van der Waals surface area contributed by atoms with Crippen molar-refractivity contribution < 1.29 is 73.7 Å². The van der Waals surface area contributed by atoms with Crippen molar-refractivity contribution in [2.45, 2.75) is 27.7 Å². The number of aromatic nitrogens is 2. The standard InChI is InChI=1S/2C7H5NS.4C2H4O2.2Cu/c2*1-2-4-7-6(3-1)8-5-9-7;4*1-2(3)4;;/h2*1-5H;4*1H3,(H,3,4);;/q;;;;;;2*+2/p-4. The Morgan fingerprint density at radius 3 is 1.00 bits per heavy atom. The fraction of sp³-hybridized carbons (Fsp3) is 0.182. The van der Waals surface area contributed by atoms with Crippen LogP contribution in [-0.2, 0) is 53.3 Å². The summed E-state index contributed by atoms with van der Waals surface area (Å²) in [5.74, 6) is -4.33. The fourth-order valence-electron chi connectivity index (χ4n) is 1.61. The third-order valence-corrected chi connectivity index (χ3v) is 4.09. The van der Waals surface area contributed by atoms with Crippen molar-refractivity contribution in [3.63, 3.8) is 0 Å². The molecule has 0 fully saturated rings. The van der Waals surface area contributed by atoms with Crippen LogP contribution in [0.3, 0.4) is 0 Å². The molecule has 202 valence electrons. The molecule has 2 radical (unpaired) electrons. The second-order valence-electron chi connectivity index (χ2n) is 5.61. The number of carbonyl (C=O) groups is 4. The maximum Gasteiger partial charge on any atom is 2.00 e. The zero-order valence-corrected chi connectivity index (χ0v) is 22.9. The molecule has 0 aliphatic rings. The molecule has 2 aromatic heterocycles. The number of carboxylic acids is 4. The van der Waals surface area contributed by atoms with Gasteiger partial charge in [0.25, 0.3) is 0 Å². The monoisotopic (exact) mass is 632 g/mol. The minimum atomic E-state index is -1.08. The number of thiazole rings is 2. The van der Waals surface area contributed by atoms with Gasteiger partial charge in [-0.1, -0.05) is 24.3 Å². The Morgan fingerprint density at radius 2 is 0.778 bits per heavy atom. The third-order valence-electron chi connectivity index (χ3n) is 2.47. The Labute approximate surface area is 237 Å². The van der Waals surface area contributed by atoms with Gasteiger partial charge < -0.3 is 39.6 Å². The molecule has 10 nitrogen and oxygen atoms in total. The van der Waals surface area contributed by atoms with E-state index >= 15 is 0 Å². The summed E-state index contributed by atoms with van der Waals surface area (Å²) >= 11 is 3.35.